The van der Waals surface area contributed by atoms with E-state index in [9.17, 15) is 9.18 Å². The predicted octanol–water partition coefficient (Wildman–Crippen LogP) is 3.32. The van der Waals surface area contributed by atoms with Gasteiger partial charge in [0, 0.05) is 37.6 Å². The Morgan fingerprint density at radius 1 is 0.857 bits per heavy atom. The average Bonchev–Trinajstić information content (AvgIpc) is 2.76. The molecule has 0 bridgehead atoms. The minimum atomic E-state index is -0.301. The number of benzene rings is 2. The summed E-state index contributed by atoms with van der Waals surface area (Å²) >= 11 is 0. The van der Waals surface area contributed by atoms with E-state index in [0.717, 1.165) is 13.1 Å². The summed E-state index contributed by atoms with van der Waals surface area (Å²) in [6.45, 7) is 2.86. The van der Waals surface area contributed by atoms with E-state index in [1.54, 1.807) is 29.2 Å². The minimum Gasteiger partial charge on any atom is -0.368 e. The number of nitrogens with zero attached hydrogens (tertiary/aromatic N) is 4. The number of carbonyl (C=O) groups excluding carboxylic acids is 1. The molecule has 0 aliphatic carbocycles. The Morgan fingerprint density at radius 2 is 1.57 bits per heavy atom. The first-order valence-electron chi connectivity index (χ1n) is 9.15. The Balaban J connectivity index is 1.35. The van der Waals surface area contributed by atoms with Gasteiger partial charge in [-0.25, -0.2) is 4.39 Å². The normalized spacial score (nSPS) is 14.0. The molecule has 0 saturated carbocycles. The Bertz CT molecular complexity index is 923. The fourth-order valence-corrected chi connectivity index (χ4v) is 3.16. The van der Waals surface area contributed by atoms with E-state index in [-0.39, 0.29) is 11.7 Å². The third-order valence-electron chi connectivity index (χ3n) is 4.69. The van der Waals surface area contributed by atoms with Crippen molar-refractivity contribution in [1.82, 2.24) is 15.1 Å². The van der Waals surface area contributed by atoms with Crippen LogP contribution in [-0.2, 0) is 0 Å². The summed E-state index contributed by atoms with van der Waals surface area (Å²) in [5.74, 6) is 0.0792. The topological polar surface area (TPSA) is 61.4 Å². The lowest BCUT2D eigenvalue weighted by Crippen LogP contribution is -2.49. The number of hydrogen-bond donors (Lipinski definition) is 1. The molecule has 7 heteroatoms. The van der Waals surface area contributed by atoms with Crippen molar-refractivity contribution in [2.75, 3.05) is 36.4 Å². The molecule has 0 radical (unpaired) electrons. The average molecular weight is 377 g/mol. The van der Waals surface area contributed by atoms with Gasteiger partial charge in [-0.05, 0) is 48.5 Å². The van der Waals surface area contributed by atoms with Gasteiger partial charge in [0.25, 0.3) is 5.91 Å². The third kappa shape index (κ3) is 4.09. The summed E-state index contributed by atoms with van der Waals surface area (Å²) in [6.07, 6.45) is 0. The molecule has 28 heavy (non-hydrogen) atoms. The lowest BCUT2D eigenvalue weighted by molar-refractivity contribution is 0.0739. The number of rotatable bonds is 4. The molecule has 4 rings (SSSR count). The zero-order valence-electron chi connectivity index (χ0n) is 15.3. The fraction of sp³-hybridized carbons (Fsp3) is 0.190. The Labute approximate surface area is 162 Å². The van der Waals surface area contributed by atoms with E-state index >= 15 is 0 Å². The van der Waals surface area contributed by atoms with E-state index in [2.05, 4.69) is 32.5 Å². The summed E-state index contributed by atoms with van der Waals surface area (Å²) in [4.78, 5) is 16.8. The van der Waals surface area contributed by atoms with Gasteiger partial charge in [0.05, 0.1) is 0 Å². The number of para-hydroxylation sites is 1. The summed E-state index contributed by atoms with van der Waals surface area (Å²) in [6, 6.07) is 19.5. The monoisotopic (exact) mass is 377 g/mol. The van der Waals surface area contributed by atoms with Gasteiger partial charge in [0.15, 0.2) is 11.5 Å². The third-order valence-corrected chi connectivity index (χ3v) is 4.69. The molecule has 0 spiro atoms. The first-order chi connectivity index (χ1) is 13.7. The molecule has 1 N–H and O–H groups in total. The molecule has 2 aromatic carbocycles. The summed E-state index contributed by atoms with van der Waals surface area (Å²) < 4.78 is 13.0. The highest BCUT2D eigenvalue weighted by Gasteiger charge is 2.23. The summed E-state index contributed by atoms with van der Waals surface area (Å²) in [5, 5.41) is 11.1. The Kier molecular flexibility index (Phi) is 5.14. The Hall–Kier alpha value is -3.48. The molecule has 1 aliphatic heterocycles. The van der Waals surface area contributed by atoms with Crippen LogP contribution in [0.15, 0.2) is 66.7 Å². The molecule has 1 aromatic heterocycles. The molecule has 0 atom stereocenters. The van der Waals surface area contributed by atoms with E-state index in [1.807, 2.05) is 18.2 Å². The molecule has 3 aromatic rings. The number of piperazine rings is 1. The highest BCUT2D eigenvalue weighted by atomic mass is 19.1. The highest BCUT2D eigenvalue weighted by Crippen LogP contribution is 2.17. The second-order valence-corrected chi connectivity index (χ2v) is 6.55. The van der Waals surface area contributed by atoms with Crippen molar-refractivity contribution in [1.29, 1.82) is 0 Å². The van der Waals surface area contributed by atoms with Crippen LogP contribution < -0.4 is 10.2 Å². The zero-order valence-corrected chi connectivity index (χ0v) is 15.3. The summed E-state index contributed by atoms with van der Waals surface area (Å²) in [5.41, 5.74) is 2.19. The molecule has 1 fully saturated rings. The van der Waals surface area contributed by atoms with Crippen molar-refractivity contribution in [2.45, 2.75) is 0 Å². The SMILES string of the molecule is O=C(c1ccc(Nc2ccc(F)cc2)nn1)N1CCN(c2ccccc2)CC1. The number of amides is 1. The van der Waals surface area contributed by atoms with E-state index in [4.69, 9.17) is 0 Å². The number of carbonyl (C=O) groups is 1. The van der Waals surface area contributed by atoms with Crippen molar-refractivity contribution < 1.29 is 9.18 Å². The maximum Gasteiger partial charge on any atom is 0.274 e. The van der Waals surface area contributed by atoms with E-state index in [0.29, 0.717) is 30.3 Å². The van der Waals surface area contributed by atoms with Gasteiger partial charge in [-0.3, -0.25) is 4.79 Å². The molecular formula is C21H20FN5O. The van der Waals surface area contributed by atoms with Crippen LogP contribution in [0.25, 0.3) is 0 Å². The first-order valence-corrected chi connectivity index (χ1v) is 9.15. The van der Waals surface area contributed by atoms with Gasteiger partial charge in [0.2, 0.25) is 0 Å². The van der Waals surface area contributed by atoms with Crippen LogP contribution in [0.3, 0.4) is 0 Å². The quantitative estimate of drug-likeness (QED) is 0.756. The molecule has 6 nitrogen and oxygen atoms in total. The maximum atomic E-state index is 13.0. The zero-order chi connectivity index (χ0) is 19.3. The fourth-order valence-electron chi connectivity index (χ4n) is 3.16. The molecule has 142 valence electrons. The second kappa shape index (κ2) is 8.04. The molecule has 0 unspecified atom stereocenters. The molecule has 1 amide bonds. The van der Waals surface area contributed by atoms with Crippen molar-refractivity contribution in [3.05, 3.63) is 78.2 Å². The van der Waals surface area contributed by atoms with Crippen molar-refractivity contribution in [3.63, 3.8) is 0 Å². The predicted molar refractivity (Wildman–Crippen MR) is 106 cm³/mol. The van der Waals surface area contributed by atoms with Crippen LogP contribution in [-0.4, -0.2) is 47.2 Å². The smallest absolute Gasteiger partial charge is 0.274 e. The second-order valence-electron chi connectivity index (χ2n) is 6.55. The number of aromatic nitrogens is 2. The van der Waals surface area contributed by atoms with E-state index in [1.165, 1.54) is 17.8 Å². The number of anilines is 3. The summed E-state index contributed by atoms with van der Waals surface area (Å²) in [7, 11) is 0. The lowest BCUT2D eigenvalue weighted by Gasteiger charge is -2.35. The number of nitrogens with one attached hydrogen (secondary N) is 1. The van der Waals surface area contributed by atoms with E-state index < -0.39 is 0 Å². The molecular weight excluding hydrogens is 357 g/mol. The minimum absolute atomic E-state index is 0.117. The van der Waals surface area contributed by atoms with Crippen molar-refractivity contribution >= 4 is 23.1 Å². The van der Waals surface area contributed by atoms with Crippen LogP contribution in [0.4, 0.5) is 21.6 Å². The Morgan fingerprint density at radius 3 is 2.21 bits per heavy atom. The number of halogens is 1. The van der Waals surface area contributed by atoms with Gasteiger partial charge in [0.1, 0.15) is 5.82 Å². The van der Waals surface area contributed by atoms with Gasteiger partial charge in [-0.15, -0.1) is 10.2 Å². The lowest BCUT2D eigenvalue weighted by atomic mass is 10.2. The van der Waals surface area contributed by atoms with Crippen LogP contribution in [0.2, 0.25) is 0 Å². The standard InChI is InChI=1S/C21H20FN5O/c22-16-6-8-17(9-7-16)23-20-11-10-19(24-25-20)21(28)27-14-12-26(13-15-27)18-4-2-1-3-5-18/h1-11H,12-15H2,(H,23,25). The van der Waals surface area contributed by atoms with Crippen LogP contribution in [0, 0.1) is 5.82 Å². The van der Waals surface area contributed by atoms with Gasteiger partial charge in [-0.1, -0.05) is 18.2 Å². The van der Waals surface area contributed by atoms with Crippen LogP contribution in [0.5, 0.6) is 0 Å². The van der Waals surface area contributed by atoms with Crippen molar-refractivity contribution in [2.24, 2.45) is 0 Å². The number of hydrogen-bond acceptors (Lipinski definition) is 5. The van der Waals surface area contributed by atoms with Crippen LogP contribution >= 0.6 is 0 Å². The van der Waals surface area contributed by atoms with Gasteiger partial charge in [-0.2, -0.15) is 0 Å². The van der Waals surface area contributed by atoms with Gasteiger partial charge < -0.3 is 15.1 Å². The van der Waals surface area contributed by atoms with Crippen LogP contribution in [0.1, 0.15) is 10.5 Å². The molecule has 1 saturated heterocycles. The largest absolute Gasteiger partial charge is 0.368 e. The van der Waals surface area contributed by atoms with Crippen molar-refractivity contribution in [3.8, 4) is 0 Å². The molecule has 1 aliphatic rings. The maximum absolute atomic E-state index is 13.0. The molecule has 2 heterocycles. The first kappa shape index (κ1) is 17.9. The highest BCUT2D eigenvalue weighted by molar-refractivity contribution is 5.92. The van der Waals surface area contributed by atoms with Gasteiger partial charge >= 0.3 is 0 Å².